The molecule has 0 bridgehead atoms. The minimum absolute atomic E-state index is 1.27. The van der Waals surface area contributed by atoms with Crippen LogP contribution in [-0.2, 0) is 6.04 Å². The van der Waals surface area contributed by atoms with Gasteiger partial charge in [-0.1, -0.05) is 35.4 Å². The SMILES string of the molecule is Cc1cccc(C[SiH3])c1. The van der Waals surface area contributed by atoms with E-state index in [1.54, 1.807) is 0 Å². The first kappa shape index (κ1) is 6.56. The molecule has 1 aromatic carbocycles. The molecule has 0 atom stereocenters. The Labute approximate surface area is 59.3 Å². The fourth-order valence-corrected chi connectivity index (χ4v) is 1.37. The summed E-state index contributed by atoms with van der Waals surface area (Å²) >= 11 is 0. The van der Waals surface area contributed by atoms with Crippen molar-refractivity contribution in [1.29, 1.82) is 0 Å². The van der Waals surface area contributed by atoms with E-state index in [0.29, 0.717) is 0 Å². The highest BCUT2D eigenvalue weighted by atomic mass is 28.1. The van der Waals surface area contributed by atoms with Crippen LogP contribution in [0.4, 0.5) is 0 Å². The summed E-state index contributed by atoms with van der Waals surface area (Å²) < 4.78 is 0. The van der Waals surface area contributed by atoms with Crippen molar-refractivity contribution in [2.45, 2.75) is 13.0 Å². The molecule has 0 saturated carbocycles. The van der Waals surface area contributed by atoms with E-state index in [9.17, 15) is 0 Å². The van der Waals surface area contributed by atoms with Crippen molar-refractivity contribution < 1.29 is 0 Å². The zero-order valence-corrected chi connectivity index (χ0v) is 8.02. The second-order valence-corrected chi connectivity index (χ2v) is 3.05. The van der Waals surface area contributed by atoms with Gasteiger partial charge in [0.1, 0.15) is 0 Å². The highest BCUT2D eigenvalue weighted by Crippen LogP contribution is 2.02. The molecule has 0 aliphatic carbocycles. The van der Waals surface area contributed by atoms with Gasteiger partial charge in [-0.25, -0.2) is 0 Å². The summed E-state index contributed by atoms with van der Waals surface area (Å²) in [5.74, 6) is 0. The standard InChI is InChI=1S/C8H12Si/c1-7-3-2-4-8(5-7)6-9/h2-5H,6H2,1,9H3. The molecule has 0 unspecified atom stereocenters. The van der Waals surface area contributed by atoms with Gasteiger partial charge in [0.25, 0.3) is 0 Å². The van der Waals surface area contributed by atoms with Gasteiger partial charge in [0, 0.05) is 10.2 Å². The predicted molar refractivity (Wildman–Crippen MR) is 44.8 cm³/mol. The van der Waals surface area contributed by atoms with Crippen LogP contribution in [-0.4, -0.2) is 10.2 Å². The van der Waals surface area contributed by atoms with Crippen LogP contribution >= 0.6 is 0 Å². The van der Waals surface area contributed by atoms with Crippen molar-refractivity contribution in [2.24, 2.45) is 0 Å². The van der Waals surface area contributed by atoms with Gasteiger partial charge in [0.05, 0.1) is 0 Å². The second-order valence-electron chi connectivity index (χ2n) is 2.34. The van der Waals surface area contributed by atoms with Crippen LogP contribution in [0.5, 0.6) is 0 Å². The summed E-state index contributed by atoms with van der Waals surface area (Å²) in [4.78, 5) is 0. The van der Waals surface area contributed by atoms with Gasteiger partial charge >= 0.3 is 0 Å². The predicted octanol–water partition coefficient (Wildman–Crippen LogP) is 0.860. The smallest absolute Gasteiger partial charge is 0.00833 e. The molecule has 0 amide bonds. The van der Waals surface area contributed by atoms with Crippen LogP contribution in [0.2, 0.25) is 0 Å². The van der Waals surface area contributed by atoms with Gasteiger partial charge in [-0.2, -0.15) is 0 Å². The van der Waals surface area contributed by atoms with Crippen LogP contribution in [0, 0.1) is 6.92 Å². The van der Waals surface area contributed by atoms with E-state index < -0.39 is 0 Å². The maximum Gasteiger partial charge on any atom is 0.00833 e. The Hall–Kier alpha value is -0.563. The summed E-state index contributed by atoms with van der Waals surface area (Å²) in [6.07, 6.45) is 0. The van der Waals surface area contributed by atoms with Crippen LogP contribution in [0.25, 0.3) is 0 Å². The molecule has 0 N–H and O–H groups in total. The first-order valence-electron chi connectivity index (χ1n) is 3.38. The number of rotatable bonds is 1. The molecule has 1 heteroatoms. The number of benzene rings is 1. The number of hydrogen-bond donors (Lipinski definition) is 0. The van der Waals surface area contributed by atoms with Gasteiger partial charge in [-0.3, -0.25) is 0 Å². The molecule has 0 fully saturated rings. The van der Waals surface area contributed by atoms with Gasteiger partial charge < -0.3 is 0 Å². The molecule has 0 heterocycles. The number of aryl methyl sites for hydroxylation is 1. The van der Waals surface area contributed by atoms with Crippen LogP contribution in [0.3, 0.4) is 0 Å². The Bertz CT molecular complexity index is 194. The van der Waals surface area contributed by atoms with Crippen LogP contribution in [0.15, 0.2) is 24.3 Å². The molecule has 0 aliphatic heterocycles. The first-order chi connectivity index (χ1) is 4.33. The molecule has 0 radical (unpaired) electrons. The topological polar surface area (TPSA) is 0 Å². The molecule has 0 nitrogen and oxygen atoms in total. The monoisotopic (exact) mass is 136 g/mol. The zero-order chi connectivity index (χ0) is 6.69. The van der Waals surface area contributed by atoms with Gasteiger partial charge in [0.2, 0.25) is 0 Å². The van der Waals surface area contributed by atoms with Crippen molar-refractivity contribution in [3.05, 3.63) is 35.4 Å². The highest BCUT2D eigenvalue weighted by molar-refractivity contribution is 6.08. The molecule has 0 aromatic heterocycles. The third-order valence-corrected chi connectivity index (χ3v) is 2.31. The Morgan fingerprint density at radius 1 is 1.44 bits per heavy atom. The van der Waals surface area contributed by atoms with Crippen molar-refractivity contribution in [2.75, 3.05) is 0 Å². The van der Waals surface area contributed by atoms with Gasteiger partial charge in [-0.05, 0) is 13.0 Å². The molecular weight excluding hydrogens is 124 g/mol. The Morgan fingerprint density at radius 2 is 2.22 bits per heavy atom. The lowest BCUT2D eigenvalue weighted by Gasteiger charge is -1.95. The molecule has 9 heavy (non-hydrogen) atoms. The van der Waals surface area contributed by atoms with E-state index in [1.165, 1.54) is 27.4 Å². The largest absolute Gasteiger partial charge is 0.0617 e. The van der Waals surface area contributed by atoms with E-state index in [4.69, 9.17) is 0 Å². The summed E-state index contributed by atoms with van der Waals surface area (Å²) in [6, 6.07) is 10.00. The Morgan fingerprint density at radius 3 is 2.67 bits per heavy atom. The summed E-state index contributed by atoms with van der Waals surface area (Å²) in [6.45, 7) is 2.14. The normalized spacial score (nSPS) is 9.89. The Kier molecular flexibility index (Phi) is 2.06. The minimum Gasteiger partial charge on any atom is -0.0617 e. The van der Waals surface area contributed by atoms with E-state index in [1.807, 2.05) is 0 Å². The molecule has 1 rings (SSSR count). The van der Waals surface area contributed by atoms with Crippen LogP contribution in [0.1, 0.15) is 11.1 Å². The van der Waals surface area contributed by atoms with E-state index >= 15 is 0 Å². The van der Waals surface area contributed by atoms with Gasteiger partial charge in [-0.15, -0.1) is 0 Å². The van der Waals surface area contributed by atoms with E-state index in [-0.39, 0.29) is 0 Å². The van der Waals surface area contributed by atoms with Crippen molar-refractivity contribution in [3.63, 3.8) is 0 Å². The fraction of sp³-hybridized carbons (Fsp3) is 0.250. The van der Waals surface area contributed by atoms with E-state index in [0.717, 1.165) is 0 Å². The molecule has 0 aliphatic rings. The third kappa shape index (κ3) is 1.68. The summed E-state index contributed by atoms with van der Waals surface area (Å²) in [5.41, 5.74) is 2.87. The molecular formula is C8H12Si. The van der Waals surface area contributed by atoms with Crippen molar-refractivity contribution >= 4 is 10.2 Å². The van der Waals surface area contributed by atoms with E-state index in [2.05, 4.69) is 31.2 Å². The summed E-state index contributed by atoms with van der Waals surface area (Å²) in [7, 11) is 1.27. The number of hydrogen-bond acceptors (Lipinski definition) is 0. The maximum atomic E-state index is 2.26. The quantitative estimate of drug-likeness (QED) is 0.502. The van der Waals surface area contributed by atoms with Gasteiger partial charge in [0.15, 0.2) is 0 Å². The zero-order valence-electron chi connectivity index (χ0n) is 6.02. The lowest BCUT2D eigenvalue weighted by molar-refractivity contribution is 1.35. The lowest BCUT2D eigenvalue weighted by atomic mass is 10.2. The fourth-order valence-electron chi connectivity index (χ4n) is 0.932. The molecule has 48 valence electrons. The van der Waals surface area contributed by atoms with Crippen molar-refractivity contribution in [3.8, 4) is 0 Å². The van der Waals surface area contributed by atoms with Crippen molar-refractivity contribution in [1.82, 2.24) is 0 Å². The highest BCUT2D eigenvalue weighted by Gasteiger charge is 1.85. The molecule has 0 saturated heterocycles. The Balaban J connectivity index is 2.94. The summed E-state index contributed by atoms with van der Waals surface area (Å²) in [5, 5.41) is 0. The van der Waals surface area contributed by atoms with Crippen LogP contribution < -0.4 is 0 Å². The third-order valence-electron chi connectivity index (χ3n) is 1.49. The second kappa shape index (κ2) is 2.83. The molecule has 1 aromatic rings. The maximum absolute atomic E-state index is 2.26. The average molecular weight is 136 g/mol. The minimum atomic E-state index is 1.27. The average Bonchev–Trinajstić information content (AvgIpc) is 1.88. The lowest BCUT2D eigenvalue weighted by Crippen LogP contribution is -1.82. The molecule has 0 spiro atoms. The first-order valence-corrected chi connectivity index (χ1v) is 4.80.